The Kier molecular flexibility index (Phi) is 5.74. The molecule has 0 spiro atoms. The van der Waals surface area contributed by atoms with Crippen LogP contribution in [0.15, 0.2) is 30.3 Å². The first-order valence-corrected chi connectivity index (χ1v) is 11.4. The van der Waals surface area contributed by atoms with Crippen LogP contribution in [0.3, 0.4) is 0 Å². The molecular weight excluding hydrogens is 414 g/mol. The Hall–Kier alpha value is -3.43. The maximum atomic E-state index is 5.94. The molecule has 9 nitrogen and oxygen atoms in total. The number of hydrogen-bond acceptors (Lipinski definition) is 9. The minimum absolute atomic E-state index is 0.0762. The summed E-state index contributed by atoms with van der Waals surface area (Å²) in [5.74, 6) is 0.926. The van der Waals surface area contributed by atoms with Crippen LogP contribution in [0.25, 0.3) is 21.9 Å². The van der Waals surface area contributed by atoms with Crippen LogP contribution in [0.1, 0.15) is 29.4 Å². The van der Waals surface area contributed by atoms with Crippen molar-refractivity contribution in [1.29, 1.82) is 0 Å². The highest BCUT2D eigenvalue weighted by Crippen LogP contribution is 2.28. The first-order valence-electron chi connectivity index (χ1n) is 11.4. The lowest BCUT2D eigenvalue weighted by Crippen LogP contribution is -2.45. The Morgan fingerprint density at radius 2 is 1.58 bits per heavy atom. The number of nitrogen functional groups attached to an aromatic ring is 2. The molecule has 0 atom stereocenters. The Morgan fingerprint density at radius 3 is 2.30 bits per heavy atom. The van der Waals surface area contributed by atoms with Crippen molar-refractivity contribution < 1.29 is 0 Å². The number of fused-ring (bicyclic) bond motifs is 2. The highest BCUT2D eigenvalue weighted by molar-refractivity contribution is 5.89. The summed E-state index contributed by atoms with van der Waals surface area (Å²) < 4.78 is 0. The number of rotatable bonds is 5. The van der Waals surface area contributed by atoms with Crippen LogP contribution < -0.4 is 11.5 Å². The molecule has 0 amide bonds. The zero-order valence-corrected chi connectivity index (χ0v) is 19.1. The van der Waals surface area contributed by atoms with Crippen molar-refractivity contribution in [2.24, 2.45) is 0 Å². The summed E-state index contributed by atoms with van der Waals surface area (Å²) in [6, 6.07) is 11.2. The number of anilines is 2. The van der Waals surface area contributed by atoms with Gasteiger partial charge in [-0.3, -0.25) is 9.80 Å². The second-order valence-corrected chi connectivity index (χ2v) is 8.65. The zero-order chi connectivity index (χ0) is 22.9. The lowest BCUT2D eigenvalue weighted by atomic mass is 9.93. The van der Waals surface area contributed by atoms with Gasteiger partial charge >= 0.3 is 0 Å². The van der Waals surface area contributed by atoms with Gasteiger partial charge in [-0.2, -0.15) is 9.97 Å². The average Bonchev–Trinajstić information content (AvgIpc) is 2.82. The molecule has 9 heteroatoms. The van der Waals surface area contributed by atoms with Gasteiger partial charge < -0.3 is 11.5 Å². The van der Waals surface area contributed by atoms with Gasteiger partial charge in [0.1, 0.15) is 0 Å². The summed E-state index contributed by atoms with van der Waals surface area (Å²) in [6.45, 7) is 9.92. The van der Waals surface area contributed by atoms with Crippen molar-refractivity contribution in [3.63, 3.8) is 0 Å². The van der Waals surface area contributed by atoms with E-state index in [1.165, 1.54) is 27.5 Å². The fourth-order valence-electron chi connectivity index (χ4n) is 4.67. The zero-order valence-electron chi connectivity index (χ0n) is 19.1. The molecule has 0 radical (unpaired) electrons. The van der Waals surface area contributed by atoms with Crippen LogP contribution in [0.4, 0.5) is 11.8 Å². The molecule has 1 aliphatic rings. The monoisotopic (exact) mass is 443 g/mol. The third kappa shape index (κ3) is 4.29. The minimum Gasteiger partial charge on any atom is -0.382 e. The lowest BCUT2D eigenvalue weighted by Gasteiger charge is -2.34. The molecule has 3 heterocycles. The van der Waals surface area contributed by atoms with Crippen LogP contribution in [0, 0.1) is 6.92 Å². The van der Waals surface area contributed by atoms with Gasteiger partial charge in [0.15, 0.2) is 17.2 Å². The van der Waals surface area contributed by atoms with Crippen molar-refractivity contribution in [2.45, 2.75) is 33.4 Å². The molecule has 0 saturated carbocycles. The van der Waals surface area contributed by atoms with Crippen molar-refractivity contribution in [2.75, 3.05) is 37.6 Å². The Balaban J connectivity index is 1.27. The van der Waals surface area contributed by atoms with Crippen molar-refractivity contribution in [1.82, 2.24) is 34.9 Å². The molecule has 4 N–H and O–H groups in total. The van der Waals surface area contributed by atoms with Gasteiger partial charge in [-0.25, -0.2) is 4.98 Å². The van der Waals surface area contributed by atoms with Crippen LogP contribution in [-0.2, 0) is 19.5 Å². The molecule has 1 saturated heterocycles. The Bertz CT molecular complexity index is 1310. The summed E-state index contributed by atoms with van der Waals surface area (Å²) in [4.78, 5) is 17.4. The van der Waals surface area contributed by atoms with E-state index in [9.17, 15) is 0 Å². The Labute approximate surface area is 192 Å². The third-order valence-corrected chi connectivity index (χ3v) is 6.47. The van der Waals surface area contributed by atoms with E-state index in [0.717, 1.165) is 39.1 Å². The van der Waals surface area contributed by atoms with E-state index in [-0.39, 0.29) is 11.8 Å². The van der Waals surface area contributed by atoms with E-state index >= 15 is 0 Å². The number of aromatic nitrogens is 5. The maximum Gasteiger partial charge on any atom is 0.224 e. The quantitative estimate of drug-likeness (QED) is 0.478. The van der Waals surface area contributed by atoms with Crippen LogP contribution in [0.2, 0.25) is 0 Å². The number of nitrogens with two attached hydrogens (primary N) is 2. The lowest BCUT2D eigenvalue weighted by molar-refractivity contribution is 0.120. The van der Waals surface area contributed by atoms with Crippen LogP contribution in [0.5, 0.6) is 0 Å². The van der Waals surface area contributed by atoms with Gasteiger partial charge in [0, 0.05) is 32.7 Å². The topological polar surface area (TPSA) is 123 Å². The fraction of sp³-hybridized carbons (Fsp3) is 0.375. The second kappa shape index (κ2) is 8.84. The van der Waals surface area contributed by atoms with E-state index in [2.05, 4.69) is 79.1 Å². The summed E-state index contributed by atoms with van der Waals surface area (Å²) in [6.07, 6.45) is 1.05. The van der Waals surface area contributed by atoms with E-state index < -0.39 is 0 Å². The first-order chi connectivity index (χ1) is 16.0. The molecule has 1 aliphatic heterocycles. The molecule has 170 valence electrons. The Morgan fingerprint density at radius 1 is 0.879 bits per heavy atom. The fourth-order valence-corrected chi connectivity index (χ4v) is 4.67. The third-order valence-electron chi connectivity index (χ3n) is 6.47. The molecule has 2 aromatic carbocycles. The first kappa shape index (κ1) is 21.4. The summed E-state index contributed by atoms with van der Waals surface area (Å²) in [5.41, 5.74) is 16.6. The van der Waals surface area contributed by atoms with Crippen molar-refractivity contribution in [3.8, 4) is 0 Å². The molecule has 0 bridgehead atoms. The molecule has 33 heavy (non-hydrogen) atoms. The summed E-state index contributed by atoms with van der Waals surface area (Å²) >= 11 is 0. The second-order valence-electron chi connectivity index (χ2n) is 8.65. The van der Waals surface area contributed by atoms with Gasteiger partial charge in [-0.05, 0) is 40.8 Å². The van der Waals surface area contributed by atoms with Gasteiger partial charge in [-0.1, -0.05) is 37.3 Å². The van der Waals surface area contributed by atoms with Crippen LogP contribution in [-0.4, -0.2) is 61.1 Å². The van der Waals surface area contributed by atoms with E-state index in [1.54, 1.807) is 0 Å². The SMILES string of the molecule is CCc1cc(C)c(CN2CCN(Cc3nnc4nc(N)nc(N)c4n3)CC2)c2ccccc12. The van der Waals surface area contributed by atoms with Gasteiger partial charge in [-0.15, -0.1) is 10.2 Å². The number of benzene rings is 2. The van der Waals surface area contributed by atoms with Gasteiger partial charge in [0.05, 0.1) is 6.54 Å². The molecule has 2 aromatic heterocycles. The molecule has 5 rings (SSSR count). The minimum atomic E-state index is 0.0762. The summed E-state index contributed by atoms with van der Waals surface area (Å²) in [7, 11) is 0. The average molecular weight is 444 g/mol. The highest BCUT2D eigenvalue weighted by atomic mass is 15.3. The molecule has 0 unspecified atom stereocenters. The largest absolute Gasteiger partial charge is 0.382 e. The van der Waals surface area contributed by atoms with E-state index in [1.807, 2.05) is 0 Å². The molecular formula is C24H29N9. The number of nitrogens with zero attached hydrogens (tertiary/aromatic N) is 7. The van der Waals surface area contributed by atoms with Crippen molar-refractivity contribution >= 4 is 33.7 Å². The number of hydrogen-bond donors (Lipinski definition) is 2. The smallest absolute Gasteiger partial charge is 0.224 e. The van der Waals surface area contributed by atoms with E-state index in [4.69, 9.17) is 11.5 Å². The molecule has 4 aromatic rings. The van der Waals surface area contributed by atoms with Crippen molar-refractivity contribution in [3.05, 3.63) is 52.8 Å². The standard InChI is InChI=1S/C24H29N9/c1-3-16-12-15(2)19(18-7-5-4-6-17(16)18)13-32-8-10-33(11-9-32)14-20-27-21-22(25)28-24(26)29-23(21)31-30-20/h4-7,12H,3,8-11,13-14H2,1-2H3,(H4,25,26,28,29,31). The van der Waals surface area contributed by atoms with Gasteiger partial charge in [0.2, 0.25) is 11.6 Å². The molecule has 0 aliphatic carbocycles. The maximum absolute atomic E-state index is 5.94. The number of piperazine rings is 1. The van der Waals surface area contributed by atoms with Gasteiger partial charge in [0.25, 0.3) is 0 Å². The predicted octanol–water partition coefficient (Wildman–Crippen LogP) is 2.32. The van der Waals surface area contributed by atoms with Crippen LogP contribution >= 0.6 is 0 Å². The van der Waals surface area contributed by atoms with E-state index in [0.29, 0.717) is 23.5 Å². The summed E-state index contributed by atoms with van der Waals surface area (Å²) in [5, 5.41) is 11.1. The number of aryl methyl sites for hydroxylation is 2. The normalized spacial score (nSPS) is 15.5. The highest BCUT2D eigenvalue weighted by Gasteiger charge is 2.20. The molecule has 1 fully saturated rings. The predicted molar refractivity (Wildman–Crippen MR) is 130 cm³/mol.